The van der Waals surface area contributed by atoms with E-state index < -0.39 is 93.5 Å². The monoisotopic (exact) mass is 867 g/mol. The predicted octanol–water partition coefficient (Wildman–Crippen LogP) is 6.33. The van der Waals surface area contributed by atoms with Gasteiger partial charge in [-0.2, -0.15) is 18.2 Å². The maximum absolute atomic E-state index is 15.4. The van der Waals surface area contributed by atoms with Crippen LogP contribution in [0, 0.1) is 23.4 Å². The van der Waals surface area contributed by atoms with Crippen LogP contribution < -0.4 is 10.9 Å². The molecule has 1 N–H and O–H groups in total. The molecular weight excluding hydrogens is 836 g/mol. The Morgan fingerprint density at radius 3 is 2.38 bits per heavy atom. The summed E-state index contributed by atoms with van der Waals surface area (Å²) in [4.78, 5) is 37.2. The Balaban J connectivity index is 1.18. The minimum absolute atomic E-state index is 0.00962. The van der Waals surface area contributed by atoms with Crippen molar-refractivity contribution in [3.63, 3.8) is 0 Å². The van der Waals surface area contributed by atoms with E-state index in [0.717, 1.165) is 22.8 Å². The zero-order chi connectivity index (χ0) is 43.0. The lowest BCUT2D eigenvalue weighted by molar-refractivity contribution is -0.123. The molecule has 9 rings (SSSR count). The summed E-state index contributed by atoms with van der Waals surface area (Å²) in [6.45, 7) is -0.391. The Bertz CT molecular complexity index is 2880. The molecule has 0 radical (unpaired) electrons. The third-order valence-corrected chi connectivity index (χ3v) is 13.1. The molecule has 4 heterocycles. The standard InChI is InChI=1S/C41H32F7N7O5S/c42-23-13-21(14-24(43)17-23)15-33(50-34(56)20-54-37-35(36(52-54)38(45)46)28-18-30(28)41(37,47)48)39-51-32-16-22(29-19-49-8-7-31(29)44)1-6-27(32)40(57)55(39)25-2-4-26(5-3-25)61(58,59)53-9-11-60-12-10-53/h1-8,13-14,16-17,19,28,30,33,38H,9-12,15,18,20H2,(H,50,56)/t28-,30+,33?/m1/s1. The molecule has 20 heteroatoms. The number of pyridine rings is 1. The summed E-state index contributed by atoms with van der Waals surface area (Å²) < 4.78 is 138. The van der Waals surface area contributed by atoms with Gasteiger partial charge in [-0.1, -0.05) is 6.07 Å². The second-order valence-corrected chi connectivity index (χ2v) is 16.9. The number of nitrogens with zero attached hydrogens (tertiary/aromatic N) is 6. The highest BCUT2D eigenvalue weighted by Crippen LogP contribution is 2.68. The van der Waals surface area contributed by atoms with Crippen molar-refractivity contribution in [2.45, 2.75) is 48.6 Å². The summed E-state index contributed by atoms with van der Waals surface area (Å²) in [5, 5.41) is 6.30. The van der Waals surface area contributed by atoms with E-state index in [0.29, 0.717) is 10.7 Å². The summed E-state index contributed by atoms with van der Waals surface area (Å²) in [6.07, 6.45) is -1.20. The van der Waals surface area contributed by atoms with Gasteiger partial charge in [-0.3, -0.25) is 23.8 Å². The van der Waals surface area contributed by atoms with Gasteiger partial charge in [0, 0.05) is 55.0 Å². The molecule has 1 aliphatic heterocycles. The van der Waals surface area contributed by atoms with E-state index in [4.69, 9.17) is 9.72 Å². The second-order valence-electron chi connectivity index (χ2n) is 15.0. The number of amides is 1. The SMILES string of the molecule is O=C(Cn1nc(C(F)F)c2c1C(F)(F)[C@H]1C[C@@H]21)NC(Cc1cc(F)cc(F)c1)c1nc2cc(-c3cnccc3F)ccc2c(=O)n1-c1ccc(S(=O)(=O)N2CCOCC2)cc1. The Morgan fingerprint density at radius 1 is 0.967 bits per heavy atom. The largest absolute Gasteiger partial charge is 0.379 e. The number of fused-ring (bicyclic) bond motifs is 4. The van der Waals surface area contributed by atoms with Crippen LogP contribution in [0.4, 0.5) is 30.7 Å². The lowest BCUT2D eigenvalue weighted by Gasteiger charge is -2.26. The first kappa shape index (κ1) is 40.4. The van der Waals surface area contributed by atoms with Crippen molar-refractivity contribution in [2.24, 2.45) is 5.92 Å². The number of aromatic nitrogens is 5. The molecule has 1 saturated carbocycles. The molecule has 3 aromatic carbocycles. The smallest absolute Gasteiger partial charge is 0.293 e. The van der Waals surface area contributed by atoms with E-state index in [-0.39, 0.29) is 82.3 Å². The Morgan fingerprint density at radius 2 is 1.69 bits per heavy atom. The van der Waals surface area contributed by atoms with Crippen molar-refractivity contribution in [2.75, 3.05) is 26.3 Å². The first-order chi connectivity index (χ1) is 29.1. The lowest BCUT2D eigenvalue weighted by atomic mass is 10.0. The number of halogens is 7. The molecule has 2 fully saturated rings. The number of nitrogens with one attached hydrogen (secondary N) is 1. The van der Waals surface area contributed by atoms with Crippen molar-refractivity contribution in [1.29, 1.82) is 0 Å². The molecule has 3 aromatic heterocycles. The van der Waals surface area contributed by atoms with Crippen molar-refractivity contribution >= 4 is 26.8 Å². The van der Waals surface area contributed by atoms with Gasteiger partial charge in [0.25, 0.3) is 17.9 Å². The zero-order valence-electron chi connectivity index (χ0n) is 31.5. The maximum Gasteiger partial charge on any atom is 0.293 e. The summed E-state index contributed by atoms with van der Waals surface area (Å²) >= 11 is 0. The average molecular weight is 868 g/mol. The van der Waals surface area contributed by atoms with Crippen LogP contribution in [0.5, 0.6) is 0 Å². The van der Waals surface area contributed by atoms with Crippen molar-refractivity contribution in [3.05, 3.63) is 135 Å². The van der Waals surface area contributed by atoms with E-state index >= 15 is 8.78 Å². The number of ether oxygens (including phenoxy) is 1. The van der Waals surface area contributed by atoms with Crippen LogP contribution >= 0.6 is 0 Å². The van der Waals surface area contributed by atoms with Crippen LogP contribution in [-0.2, 0) is 38.4 Å². The average Bonchev–Trinajstić information content (AvgIpc) is 3.89. The second kappa shape index (κ2) is 15.2. The molecule has 0 bridgehead atoms. The number of morpholine rings is 1. The van der Waals surface area contributed by atoms with Gasteiger partial charge in [-0.15, -0.1) is 0 Å². The maximum atomic E-state index is 15.4. The number of hydrogen-bond donors (Lipinski definition) is 1. The molecule has 3 atom stereocenters. The van der Waals surface area contributed by atoms with E-state index in [1.807, 2.05) is 0 Å². The normalized spacial score (nSPS) is 18.9. The number of hydrogen-bond acceptors (Lipinski definition) is 8. The Hall–Kier alpha value is -5.99. The van der Waals surface area contributed by atoms with Crippen LogP contribution in [0.1, 0.15) is 53.1 Å². The van der Waals surface area contributed by atoms with Gasteiger partial charge in [0.2, 0.25) is 15.9 Å². The van der Waals surface area contributed by atoms with Gasteiger partial charge >= 0.3 is 0 Å². The number of carbonyl (C=O) groups excluding carboxylic acids is 1. The molecule has 1 unspecified atom stereocenters. The van der Waals surface area contributed by atoms with Crippen LogP contribution in [0.15, 0.2) is 88.8 Å². The van der Waals surface area contributed by atoms with E-state index in [1.54, 1.807) is 0 Å². The van der Waals surface area contributed by atoms with Crippen LogP contribution in [0.2, 0.25) is 0 Å². The third kappa shape index (κ3) is 7.24. The van der Waals surface area contributed by atoms with Gasteiger partial charge in [0.05, 0.1) is 40.7 Å². The fourth-order valence-electron chi connectivity index (χ4n) is 8.27. The quantitative estimate of drug-likeness (QED) is 0.149. The molecular formula is C41H32F7N7O5S. The predicted molar refractivity (Wildman–Crippen MR) is 203 cm³/mol. The fourth-order valence-corrected chi connectivity index (χ4v) is 9.68. The number of benzene rings is 3. The molecule has 3 aliphatic rings. The minimum Gasteiger partial charge on any atom is -0.379 e. The molecule has 61 heavy (non-hydrogen) atoms. The van der Waals surface area contributed by atoms with E-state index in [9.17, 15) is 40.0 Å². The molecule has 12 nitrogen and oxygen atoms in total. The Labute approximate surface area is 341 Å². The van der Waals surface area contributed by atoms with Gasteiger partial charge in [-0.05, 0) is 78.1 Å². The number of carbonyl (C=O) groups is 1. The van der Waals surface area contributed by atoms with Crippen LogP contribution in [0.25, 0.3) is 27.7 Å². The number of rotatable bonds is 11. The summed E-state index contributed by atoms with van der Waals surface area (Å²) in [5.74, 6) is -9.56. The summed E-state index contributed by atoms with van der Waals surface area (Å²) in [7, 11) is -4.00. The first-order valence-electron chi connectivity index (χ1n) is 19.0. The zero-order valence-corrected chi connectivity index (χ0v) is 32.4. The summed E-state index contributed by atoms with van der Waals surface area (Å²) in [5.41, 5.74) is -2.46. The molecule has 1 amide bonds. The van der Waals surface area contributed by atoms with Crippen molar-refractivity contribution in [1.82, 2.24) is 33.9 Å². The molecule has 1 saturated heterocycles. The Kier molecular flexibility index (Phi) is 10.1. The minimum atomic E-state index is -4.00. The molecule has 6 aromatic rings. The molecule has 316 valence electrons. The van der Waals surface area contributed by atoms with E-state index in [2.05, 4.69) is 15.4 Å². The van der Waals surface area contributed by atoms with Gasteiger partial charge in [0.15, 0.2) is 0 Å². The number of alkyl halides is 4. The van der Waals surface area contributed by atoms with Gasteiger partial charge in [-0.25, -0.2) is 35.4 Å². The van der Waals surface area contributed by atoms with Crippen molar-refractivity contribution < 1.29 is 48.7 Å². The van der Waals surface area contributed by atoms with Gasteiger partial charge in [0.1, 0.15) is 41.2 Å². The lowest BCUT2D eigenvalue weighted by Crippen LogP contribution is -2.40. The highest BCUT2D eigenvalue weighted by molar-refractivity contribution is 7.89. The summed E-state index contributed by atoms with van der Waals surface area (Å²) in [6, 6.07) is 11.5. The van der Waals surface area contributed by atoms with Crippen LogP contribution in [0.3, 0.4) is 0 Å². The first-order valence-corrected chi connectivity index (χ1v) is 20.4. The van der Waals surface area contributed by atoms with E-state index in [1.165, 1.54) is 59.2 Å². The van der Waals surface area contributed by atoms with Crippen molar-refractivity contribution in [3.8, 4) is 16.8 Å². The third-order valence-electron chi connectivity index (χ3n) is 11.1. The molecule has 0 spiro atoms. The van der Waals surface area contributed by atoms with Gasteiger partial charge < -0.3 is 10.1 Å². The highest BCUT2D eigenvalue weighted by atomic mass is 32.2. The fraction of sp³-hybridized carbons (Fsp3) is 0.293. The molecule has 2 aliphatic carbocycles. The van der Waals surface area contributed by atoms with Crippen LogP contribution in [-0.4, -0.2) is 69.2 Å². The topological polar surface area (TPSA) is 141 Å². The highest BCUT2D eigenvalue weighted by Gasteiger charge is 2.67. The number of sulfonamides is 1.